The topological polar surface area (TPSA) is 24.9 Å². The number of rotatable bonds is 4. The van der Waals surface area contributed by atoms with Crippen LogP contribution in [0.2, 0.25) is 0 Å². The molecule has 0 spiro atoms. The Bertz CT molecular complexity index is 555. The first-order chi connectivity index (χ1) is 9.36. The summed E-state index contributed by atoms with van der Waals surface area (Å²) in [6.07, 6.45) is 0. The smallest absolute Gasteiger partial charge is 0.123 e. The van der Waals surface area contributed by atoms with E-state index in [-0.39, 0.29) is 17.3 Å². The zero-order valence-electron chi connectivity index (χ0n) is 12.4. The number of nitrogens with one attached hydrogen (secondary N) is 1. The number of aromatic nitrogens is 1. The highest BCUT2D eigenvalue weighted by Crippen LogP contribution is 2.33. The summed E-state index contributed by atoms with van der Waals surface area (Å²) in [4.78, 5) is 4.47. The zero-order chi connectivity index (χ0) is 14.8. The number of benzene rings is 1. The monoisotopic (exact) mass is 292 g/mol. The highest BCUT2D eigenvalue weighted by Gasteiger charge is 2.25. The largest absolute Gasteiger partial charge is 0.304 e. The molecule has 0 bridgehead atoms. The van der Waals surface area contributed by atoms with Crippen LogP contribution < -0.4 is 5.32 Å². The summed E-state index contributed by atoms with van der Waals surface area (Å²) in [5.41, 5.74) is 2.21. The van der Waals surface area contributed by atoms with Gasteiger partial charge in [-0.1, -0.05) is 32.9 Å². The number of hydrogen-bond donors (Lipinski definition) is 1. The molecule has 0 saturated carbocycles. The summed E-state index contributed by atoms with van der Waals surface area (Å²) >= 11 is 1.66. The minimum absolute atomic E-state index is 0.0445. The van der Waals surface area contributed by atoms with E-state index in [0.29, 0.717) is 0 Å². The summed E-state index contributed by atoms with van der Waals surface area (Å²) in [5.74, 6) is -0.198. The number of hydrogen-bond acceptors (Lipinski definition) is 3. The van der Waals surface area contributed by atoms with E-state index in [9.17, 15) is 4.39 Å². The fraction of sp³-hybridized carbons (Fsp3) is 0.438. The Labute approximate surface area is 124 Å². The molecule has 1 unspecified atom stereocenters. The van der Waals surface area contributed by atoms with Crippen molar-refractivity contribution in [2.45, 2.75) is 40.3 Å². The highest BCUT2D eigenvalue weighted by atomic mass is 32.1. The summed E-state index contributed by atoms with van der Waals surface area (Å²) in [6, 6.07) is 6.89. The molecule has 108 valence electrons. The van der Waals surface area contributed by atoms with Crippen molar-refractivity contribution in [3.63, 3.8) is 0 Å². The molecular weight excluding hydrogens is 271 g/mol. The normalized spacial score (nSPS) is 13.4. The van der Waals surface area contributed by atoms with E-state index >= 15 is 0 Å². The van der Waals surface area contributed by atoms with Crippen molar-refractivity contribution in [1.82, 2.24) is 10.3 Å². The minimum Gasteiger partial charge on any atom is -0.304 e. The van der Waals surface area contributed by atoms with Crippen LogP contribution in [0.3, 0.4) is 0 Å². The summed E-state index contributed by atoms with van der Waals surface area (Å²) in [5, 5.41) is 6.70. The van der Waals surface area contributed by atoms with E-state index in [4.69, 9.17) is 0 Å². The molecule has 1 aromatic heterocycles. The summed E-state index contributed by atoms with van der Waals surface area (Å²) in [7, 11) is 0. The third-order valence-corrected chi connectivity index (χ3v) is 4.05. The zero-order valence-corrected chi connectivity index (χ0v) is 13.2. The van der Waals surface area contributed by atoms with Crippen molar-refractivity contribution < 1.29 is 4.39 Å². The molecule has 2 aromatic rings. The second kappa shape index (κ2) is 6.02. The lowest BCUT2D eigenvalue weighted by molar-refractivity contribution is 0.270. The van der Waals surface area contributed by atoms with Crippen molar-refractivity contribution >= 4 is 11.3 Å². The lowest BCUT2D eigenvalue weighted by Gasteiger charge is -2.32. The molecule has 2 nitrogen and oxygen atoms in total. The van der Waals surface area contributed by atoms with Crippen LogP contribution in [0.1, 0.15) is 43.1 Å². The van der Waals surface area contributed by atoms with Gasteiger partial charge in [0.15, 0.2) is 0 Å². The Morgan fingerprint density at radius 1 is 1.25 bits per heavy atom. The maximum Gasteiger partial charge on any atom is 0.123 e. The van der Waals surface area contributed by atoms with Gasteiger partial charge < -0.3 is 5.32 Å². The van der Waals surface area contributed by atoms with Crippen LogP contribution in [0.25, 0.3) is 0 Å². The molecule has 0 aliphatic carbocycles. The van der Waals surface area contributed by atoms with Gasteiger partial charge in [-0.15, -0.1) is 11.3 Å². The van der Waals surface area contributed by atoms with E-state index in [2.05, 4.69) is 36.5 Å². The predicted molar refractivity (Wildman–Crippen MR) is 82.3 cm³/mol. The molecule has 4 heteroatoms. The molecule has 1 atom stereocenters. The second-order valence-corrected chi connectivity index (χ2v) is 7.15. The van der Waals surface area contributed by atoms with Crippen LogP contribution in [-0.2, 0) is 6.54 Å². The van der Waals surface area contributed by atoms with Gasteiger partial charge in [-0.25, -0.2) is 9.37 Å². The Kier molecular flexibility index (Phi) is 4.55. The lowest BCUT2D eigenvalue weighted by Crippen LogP contribution is -2.32. The quantitative estimate of drug-likeness (QED) is 0.899. The first-order valence-corrected chi connectivity index (χ1v) is 7.64. The number of nitrogens with zero attached hydrogens (tertiary/aromatic N) is 1. The average molecular weight is 292 g/mol. The van der Waals surface area contributed by atoms with E-state index in [0.717, 1.165) is 22.8 Å². The van der Waals surface area contributed by atoms with Crippen molar-refractivity contribution in [3.8, 4) is 0 Å². The number of aryl methyl sites for hydroxylation is 1. The molecule has 1 aromatic carbocycles. The van der Waals surface area contributed by atoms with Crippen LogP contribution in [0.4, 0.5) is 4.39 Å². The van der Waals surface area contributed by atoms with Gasteiger partial charge in [0.25, 0.3) is 0 Å². The summed E-state index contributed by atoms with van der Waals surface area (Å²) < 4.78 is 13.1. The molecule has 0 aliphatic heterocycles. The van der Waals surface area contributed by atoms with Crippen molar-refractivity contribution in [3.05, 3.63) is 51.7 Å². The third kappa shape index (κ3) is 3.87. The maximum atomic E-state index is 13.1. The van der Waals surface area contributed by atoms with Crippen LogP contribution in [-0.4, -0.2) is 4.98 Å². The van der Waals surface area contributed by atoms with E-state index in [1.165, 1.54) is 12.1 Å². The van der Waals surface area contributed by atoms with Gasteiger partial charge >= 0.3 is 0 Å². The molecule has 2 rings (SSSR count). The van der Waals surface area contributed by atoms with E-state index < -0.39 is 0 Å². The van der Waals surface area contributed by atoms with E-state index in [1.54, 1.807) is 11.3 Å². The van der Waals surface area contributed by atoms with Crippen LogP contribution in [0.5, 0.6) is 0 Å². The van der Waals surface area contributed by atoms with Crippen molar-refractivity contribution in [2.75, 3.05) is 0 Å². The molecule has 0 fully saturated rings. The SMILES string of the molecule is Cc1nc(CNC(c2ccc(F)cc2)C(C)(C)C)cs1. The van der Waals surface area contributed by atoms with Crippen LogP contribution >= 0.6 is 11.3 Å². The molecule has 1 heterocycles. The molecule has 0 saturated heterocycles. The average Bonchev–Trinajstić information content (AvgIpc) is 2.76. The maximum absolute atomic E-state index is 13.1. The molecule has 0 aliphatic rings. The van der Waals surface area contributed by atoms with Gasteiger partial charge in [0.2, 0.25) is 0 Å². The van der Waals surface area contributed by atoms with Gasteiger partial charge in [0.05, 0.1) is 10.7 Å². The molecule has 20 heavy (non-hydrogen) atoms. The predicted octanol–water partition coefficient (Wildman–Crippen LogP) is 4.47. The Hall–Kier alpha value is -1.26. The van der Waals surface area contributed by atoms with E-state index in [1.807, 2.05) is 19.1 Å². The van der Waals surface area contributed by atoms with Crippen LogP contribution in [0.15, 0.2) is 29.6 Å². The standard InChI is InChI=1S/C16H21FN2S/c1-11-19-14(10-20-11)9-18-15(16(2,3)4)12-5-7-13(17)8-6-12/h5-8,10,15,18H,9H2,1-4H3. The first-order valence-electron chi connectivity index (χ1n) is 6.76. The van der Waals surface area contributed by atoms with Gasteiger partial charge in [0.1, 0.15) is 5.82 Å². The van der Waals surface area contributed by atoms with Gasteiger partial charge in [-0.05, 0) is 30.0 Å². The third-order valence-electron chi connectivity index (χ3n) is 3.22. The second-order valence-electron chi connectivity index (χ2n) is 6.09. The summed E-state index contributed by atoms with van der Waals surface area (Å²) in [6.45, 7) is 9.28. The number of thiazole rings is 1. The first kappa shape index (κ1) is 15.1. The van der Waals surface area contributed by atoms with Gasteiger partial charge in [-0.2, -0.15) is 0 Å². The molecular formula is C16H21FN2S. The minimum atomic E-state index is -0.198. The molecule has 0 radical (unpaired) electrons. The van der Waals surface area contributed by atoms with Crippen LogP contribution in [0, 0.1) is 18.2 Å². The molecule has 0 amide bonds. The fourth-order valence-corrected chi connectivity index (χ4v) is 2.89. The van der Waals surface area contributed by atoms with Crippen molar-refractivity contribution in [1.29, 1.82) is 0 Å². The lowest BCUT2D eigenvalue weighted by atomic mass is 9.82. The highest BCUT2D eigenvalue weighted by molar-refractivity contribution is 7.09. The van der Waals surface area contributed by atoms with Gasteiger partial charge in [0, 0.05) is 18.0 Å². The fourth-order valence-electron chi connectivity index (χ4n) is 2.28. The Balaban J connectivity index is 2.14. The Morgan fingerprint density at radius 2 is 1.90 bits per heavy atom. The molecule has 1 N–H and O–H groups in total. The van der Waals surface area contributed by atoms with Crippen molar-refractivity contribution in [2.24, 2.45) is 5.41 Å². The number of halogens is 1. The Morgan fingerprint density at radius 3 is 2.40 bits per heavy atom. The van der Waals surface area contributed by atoms with Gasteiger partial charge in [-0.3, -0.25) is 0 Å².